The molecule has 0 amide bonds. The number of thiazole rings is 1. The zero-order valence-electron chi connectivity index (χ0n) is 14.0. The van der Waals surface area contributed by atoms with Crippen LogP contribution >= 0.6 is 11.3 Å². The van der Waals surface area contributed by atoms with Crippen molar-refractivity contribution in [1.29, 1.82) is 0 Å². The van der Waals surface area contributed by atoms with Gasteiger partial charge in [0.2, 0.25) is 0 Å². The third-order valence-electron chi connectivity index (χ3n) is 4.56. The molecule has 5 heteroatoms. The summed E-state index contributed by atoms with van der Waals surface area (Å²) in [7, 11) is 0. The number of Topliss-reactive ketones (excluding diaryl/α,β-unsaturated/α-hetero) is 1. The topological polar surface area (TPSA) is 47.8 Å². The van der Waals surface area contributed by atoms with E-state index in [1.807, 2.05) is 30.6 Å². The van der Waals surface area contributed by atoms with E-state index in [0.29, 0.717) is 6.42 Å². The molecule has 3 aromatic heterocycles. The van der Waals surface area contributed by atoms with Gasteiger partial charge in [-0.3, -0.25) is 4.79 Å². The van der Waals surface area contributed by atoms with Crippen LogP contribution in [-0.2, 0) is 6.42 Å². The first-order valence-corrected chi connectivity index (χ1v) is 8.93. The van der Waals surface area contributed by atoms with Crippen LogP contribution in [0.1, 0.15) is 42.0 Å². The summed E-state index contributed by atoms with van der Waals surface area (Å²) in [6.07, 6.45) is 5.29. The SMILES string of the molecule is Cc1ncsc1-c1cn(-c2ccccn2)c2c1C(=O)CC(C)(C)C2. The Morgan fingerprint density at radius 1 is 1.21 bits per heavy atom. The molecule has 0 saturated heterocycles. The van der Waals surface area contributed by atoms with Gasteiger partial charge in [0.25, 0.3) is 0 Å². The highest BCUT2D eigenvalue weighted by Gasteiger charge is 2.36. The molecule has 0 spiro atoms. The van der Waals surface area contributed by atoms with Crippen LogP contribution in [0.4, 0.5) is 0 Å². The number of pyridine rings is 1. The van der Waals surface area contributed by atoms with Crippen molar-refractivity contribution in [3.8, 4) is 16.3 Å². The van der Waals surface area contributed by atoms with Crippen LogP contribution in [0.3, 0.4) is 0 Å². The summed E-state index contributed by atoms with van der Waals surface area (Å²) < 4.78 is 2.09. The molecule has 0 atom stereocenters. The minimum atomic E-state index is -0.0328. The predicted octanol–water partition coefficient (Wildman–Crippen LogP) is 4.46. The lowest BCUT2D eigenvalue weighted by atomic mass is 9.75. The van der Waals surface area contributed by atoms with E-state index in [-0.39, 0.29) is 11.2 Å². The van der Waals surface area contributed by atoms with E-state index in [0.717, 1.165) is 39.6 Å². The smallest absolute Gasteiger partial charge is 0.165 e. The fraction of sp³-hybridized carbons (Fsp3) is 0.316. The number of rotatable bonds is 2. The van der Waals surface area contributed by atoms with Gasteiger partial charge in [-0.15, -0.1) is 11.3 Å². The van der Waals surface area contributed by atoms with Gasteiger partial charge in [0.15, 0.2) is 5.78 Å². The van der Waals surface area contributed by atoms with Crippen molar-refractivity contribution < 1.29 is 4.79 Å². The molecule has 1 aliphatic rings. The van der Waals surface area contributed by atoms with Crippen molar-refractivity contribution in [2.75, 3.05) is 0 Å². The Balaban J connectivity index is 2.00. The van der Waals surface area contributed by atoms with Crippen molar-refractivity contribution in [1.82, 2.24) is 14.5 Å². The van der Waals surface area contributed by atoms with Crippen molar-refractivity contribution in [2.45, 2.75) is 33.6 Å². The van der Waals surface area contributed by atoms with Gasteiger partial charge in [0.1, 0.15) is 5.82 Å². The number of aromatic nitrogens is 3. The van der Waals surface area contributed by atoms with Gasteiger partial charge in [-0.1, -0.05) is 19.9 Å². The Morgan fingerprint density at radius 3 is 2.71 bits per heavy atom. The molecule has 1 aliphatic carbocycles. The third-order valence-corrected chi connectivity index (χ3v) is 5.52. The fourth-order valence-corrected chi connectivity index (χ4v) is 4.33. The second-order valence-electron chi connectivity index (χ2n) is 7.13. The molecule has 0 saturated carbocycles. The lowest BCUT2D eigenvalue weighted by molar-refractivity contribution is 0.0911. The van der Waals surface area contributed by atoms with Crippen LogP contribution in [0.2, 0.25) is 0 Å². The maximum atomic E-state index is 12.9. The standard InChI is InChI=1S/C19H19N3OS/c1-12-18(24-11-21-12)13-10-22(16-6-4-5-7-20-16)14-8-19(2,3)9-15(23)17(13)14/h4-7,10-11H,8-9H2,1-3H3. The molecule has 0 aliphatic heterocycles. The highest BCUT2D eigenvalue weighted by Crippen LogP contribution is 2.42. The second-order valence-corrected chi connectivity index (χ2v) is 7.99. The first kappa shape index (κ1) is 15.3. The highest BCUT2D eigenvalue weighted by atomic mass is 32.1. The van der Waals surface area contributed by atoms with E-state index in [1.54, 1.807) is 17.5 Å². The van der Waals surface area contributed by atoms with E-state index in [9.17, 15) is 4.79 Å². The van der Waals surface area contributed by atoms with Crippen LogP contribution in [0.15, 0.2) is 36.1 Å². The number of nitrogens with zero attached hydrogens (tertiary/aromatic N) is 3. The van der Waals surface area contributed by atoms with Gasteiger partial charge in [-0.25, -0.2) is 9.97 Å². The largest absolute Gasteiger partial charge is 0.304 e. The third kappa shape index (κ3) is 2.40. The Hall–Kier alpha value is -2.27. The lowest BCUT2D eigenvalue weighted by Gasteiger charge is -2.29. The molecule has 24 heavy (non-hydrogen) atoms. The zero-order valence-corrected chi connectivity index (χ0v) is 14.9. The maximum Gasteiger partial charge on any atom is 0.165 e. The lowest BCUT2D eigenvalue weighted by Crippen LogP contribution is -2.28. The second kappa shape index (κ2) is 5.38. The van der Waals surface area contributed by atoms with Gasteiger partial charge < -0.3 is 4.57 Å². The Morgan fingerprint density at radius 2 is 2.04 bits per heavy atom. The van der Waals surface area contributed by atoms with Crippen molar-refractivity contribution in [3.63, 3.8) is 0 Å². The number of ketones is 1. The molecule has 0 N–H and O–H groups in total. The Kier molecular flexibility index (Phi) is 3.42. The summed E-state index contributed by atoms with van der Waals surface area (Å²) in [5, 5.41) is 0. The summed E-state index contributed by atoms with van der Waals surface area (Å²) in [5.41, 5.74) is 5.70. The number of carbonyl (C=O) groups excluding carboxylic acids is 1. The normalized spacial score (nSPS) is 16.2. The summed E-state index contributed by atoms with van der Waals surface area (Å²) >= 11 is 1.59. The first-order valence-electron chi connectivity index (χ1n) is 8.05. The molecule has 0 radical (unpaired) electrons. The molecule has 122 valence electrons. The molecule has 3 aromatic rings. The maximum absolute atomic E-state index is 12.9. The highest BCUT2D eigenvalue weighted by molar-refractivity contribution is 7.13. The summed E-state index contributed by atoms with van der Waals surface area (Å²) in [6, 6.07) is 5.86. The fourth-order valence-electron chi connectivity index (χ4n) is 3.50. The van der Waals surface area contributed by atoms with Gasteiger partial charge in [0.05, 0.1) is 16.1 Å². The molecule has 0 bridgehead atoms. The van der Waals surface area contributed by atoms with Gasteiger partial charge in [0, 0.05) is 35.6 Å². The van der Waals surface area contributed by atoms with Gasteiger partial charge in [-0.05, 0) is 30.9 Å². The van der Waals surface area contributed by atoms with Crippen LogP contribution in [0.25, 0.3) is 16.3 Å². The quantitative estimate of drug-likeness (QED) is 0.693. The van der Waals surface area contributed by atoms with Crippen molar-refractivity contribution >= 4 is 17.1 Å². The Bertz CT molecular complexity index is 921. The van der Waals surface area contributed by atoms with E-state index in [2.05, 4.69) is 34.6 Å². The molecule has 0 unspecified atom stereocenters. The molecule has 0 aromatic carbocycles. The minimum absolute atomic E-state index is 0.0328. The average Bonchev–Trinajstić information content (AvgIpc) is 3.10. The number of fused-ring (bicyclic) bond motifs is 1. The molecule has 4 nitrogen and oxygen atoms in total. The summed E-state index contributed by atoms with van der Waals surface area (Å²) in [6.45, 7) is 6.30. The zero-order chi connectivity index (χ0) is 16.9. The molecular weight excluding hydrogens is 318 g/mol. The van der Waals surface area contributed by atoms with Crippen molar-refractivity contribution in [2.24, 2.45) is 5.41 Å². The van der Waals surface area contributed by atoms with Crippen molar-refractivity contribution in [3.05, 3.63) is 53.1 Å². The molecule has 3 heterocycles. The molecule has 4 rings (SSSR count). The summed E-state index contributed by atoms with van der Waals surface area (Å²) in [4.78, 5) is 22.8. The van der Waals surface area contributed by atoms with E-state index in [1.165, 1.54) is 0 Å². The Labute approximate surface area is 145 Å². The summed E-state index contributed by atoms with van der Waals surface area (Å²) in [5.74, 6) is 1.08. The van der Waals surface area contributed by atoms with Crippen LogP contribution in [0.5, 0.6) is 0 Å². The predicted molar refractivity (Wildman–Crippen MR) is 95.8 cm³/mol. The van der Waals surface area contributed by atoms with E-state index in [4.69, 9.17) is 0 Å². The van der Waals surface area contributed by atoms with Crippen LogP contribution in [0, 0.1) is 12.3 Å². The van der Waals surface area contributed by atoms with Crippen LogP contribution in [-0.4, -0.2) is 20.3 Å². The monoisotopic (exact) mass is 337 g/mol. The first-order chi connectivity index (χ1) is 11.5. The number of hydrogen-bond donors (Lipinski definition) is 0. The van der Waals surface area contributed by atoms with Gasteiger partial charge >= 0.3 is 0 Å². The number of hydrogen-bond acceptors (Lipinski definition) is 4. The number of aryl methyl sites for hydroxylation is 1. The van der Waals surface area contributed by atoms with E-state index >= 15 is 0 Å². The minimum Gasteiger partial charge on any atom is -0.304 e. The molecule has 0 fully saturated rings. The average molecular weight is 337 g/mol. The van der Waals surface area contributed by atoms with Gasteiger partial charge in [-0.2, -0.15) is 0 Å². The molecular formula is C19H19N3OS. The van der Waals surface area contributed by atoms with E-state index < -0.39 is 0 Å². The number of carbonyl (C=O) groups is 1. The van der Waals surface area contributed by atoms with Crippen LogP contribution < -0.4 is 0 Å².